The number of benzene rings is 8. The second-order valence-corrected chi connectivity index (χ2v) is 18.3. The maximum atomic E-state index is 6.87. The van der Waals surface area contributed by atoms with Crippen LogP contribution in [0.5, 0.6) is 0 Å². The zero-order chi connectivity index (χ0) is 39.7. The van der Waals surface area contributed by atoms with E-state index in [9.17, 15) is 0 Å². The van der Waals surface area contributed by atoms with Crippen LogP contribution in [0, 0.1) is 0 Å². The van der Waals surface area contributed by atoms with Gasteiger partial charge in [0.25, 0.3) is 0 Å². The van der Waals surface area contributed by atoms with Crippen molar-refractivity contribution < 1.29 is 4.42 Å². The molecule has 0 radical (unpaired) electrons. The minimum atomic E-state index is -0.484. The van der Waals surface area contributed by atoms with Crippen LogP contribution in [0.15, 0.2) is 180 Å². The monoisotopic (exact) mass is 759 g/mol. The summed E-state index contributed by atoms with van der Waals surface area (Å²) >= 11 is 0. The van der Waals surface area contributed by atoms with E-state index < -0.39 is 5.41 Å². The topological polar surface area (TPSA) is 16.4 Å². The Bertz CT molecular complexity index is 3130. The van der Waals surface area contributed by atoms with Crippen LogP contribution < -0.4 is 4.90 Å². The number of rotatable bonds is 4. The van der Waals surface area contributed by atoms with E-state index in [-0.39, 0.29) is 10.8 Å². The molecule has 59 heavy (non-hydrogen) atoms. The molecule has 0 atom stereocenters. The highest BCUT2D eigenvalue weighted by Crippen LogP contribution is 2.64. The van der Waals surface area contributed by atoms with Crippen LogP contribution >= 0.6 is 0 Å². The standard InChI is InChI=1S/C57H45NO/c1-55(2)31-32-56(3,4)50-33-36(29-30-48(50)55)43-34-44-40-21-10-14-26-47(40)57(45-24-12-8-19-38(45)39-20-9-13-25-46(39)57)49(44)35-52(43)58(37-17-6-5-7-18-37)51-27-16-23-42-41-22-11-15-28-53(41)59-54(42)51/h5-30,33-35H,31-32H2,1-4H3. The third-order valence-corrected chi connectivity index (χ3v) is 14.2. The van der Waals surface area contributed by atoms with Crippen LogP contribution in [-0.2, 0) is 16.2 Å². The van der Waals surface area contributed by atoms with Crippen molar-refractivity contribution in [2.75, 3.05) is 4.90 Å². The number of nitrogens with zero attached hydrogens (tertiary/aromatic N) is 1. The lowest BCUT2D eigenvalue weighted by molar-refractivity contribution is 0.332. The SMILES string of the molecule is CC1(C)CCC(C)(C)c2cc(-c3cc4c(cc3N(c3ccccc3)c3cccc5c3oc3ccccc35)C3(c5ccccc5-c5ccccc53)c3ccccc3-4)ccc21. The lowest BCUT2D eigenvalue weighted by atomic mass is 9.63. The van der Waals surface area contributed by atoms with Gasteiger partial charge in [-0.15, -0.1) is 0 Å². The van der Waals surface area contributed by atoms with Gasteiger partial charge in [-0.25, -0.2) is 0 Å². The lowest BCUT2D eigenvalue weighted by Crippen LogP contribution is -2.33. The number of para-hydroxylation sites is 3. The Morgan fingerprint density at radius 1 is 0.407 bits per heavy atom. The Morgan fingerprint density at radius 2 is 0.983 bits per heavy atom. The molecule has 0 unspecified atom stereocenters. The molecule has 1 aromatic heterocycles. The summed E-state index contributed by atoms with van der Waals surface area (Å²) in [6.45, 7) is 9.70. The third-order valence-electron chi connectivity index (χ3n) is 14.2. The molecule has 2 heteroatoms. The molecule has 0 amide bonds. The van der Waals surface area contributed by atoms with Crippen molar-refractivity contribution >= 4 is 39.0 Å². The summed E-state index contributed by atoms with van der Waals surface area (Å²) < 4.78 is 6.87. The predicted octanol–water partition coefficient (Wildman–Crippen LogP) is 15.4. The highest BCUT2D eigenvalue weighted by molar-refractivity contribution is 6.11. The van der Waals surface area contributed by atoms with E-state index in [1.165, 1.54) is 73.2 Å². The second-order valence-electron chi connectivity index (χ2n) is 18.3. The smallest absolute Gasteiger partial charge is 0.159 e. The van der Waals surface area contributed by atoms with Crippen molar-refractivity contribution in [1.82, 2.24) is 0 Å². The number of fused-ring (bicyclic) bond motifs is 14. The fourth-order valence-corrected chi connectivity index (χ4v) is 11.2. The Balaban J connectivity index is 1.23. The van der Waals surface area contributed by atoms with Gasteiger partial charge >= 0.3 is 0 Å². The molecule has 12 rings (SSSR count). The summed E-state index contributed by atoms with van der Waals surface area (Å²) in [7, 11) is 0. The molecule has 0 aliphatic heterocycles. The largest absolute Gasteiger partial charge is 0.454 e. The summed E-state index contributed by atoms with van der Waals surface area (Å²) in [6.07, 6.45) is 2.34. The lowest BCUT2D eigenvalue weighted by Gasteiger charge is -2.42. The second kappa shape index (κ2) is 12.2. The zero-order valence-electron chi connectivity index (χ0n) is 34.0. The number of furan rings is 1. The van der Waals surface area contributed by atoms with E-state index in [1.54, 1.807) is 0 Å². The van der Waals surface area contributed by atoms with Crippen molar-refractivity contribution in [3.63, 3.8) is 0 Å². The van der Waals surface area contributed by atoms with Gasteiger partial charge < -0.3 is 9.32 Å². The first-order valence-electron chi connectivity index (χ1n) is 21.1. The van der Waals surface area contributed by atoms with Gasteiger partial charge in [-0.1, -0.05) is 167 Å². The minimum Gasteiger partial charge on any atom is -0.454 e. The Hall–Kier alpha value is -6.64. The average molecular weight is 760 g/mol. The number of hydrogen-bond donors (Lipinski definition) is 0. The van der Waals surface area contributed by atoms with Gasteiger partial charge in [0, 0.05) is 22.0 Å². The van der Waals surface area contributed by atoms with Gasteiger partial charge in [0.05, 0.1) is 16.8 Å². The molecule has 0 bridgehead atoms. The highest BCUT2D eigenvalue weighted by Gasteiger charge is 2.52. The molecule has 1 spiro atoms. The highest BCUT2D eigenvalue weighted by atomic mass is 16.3. The fraction of sp³-hybridized carbons (Fsp3) is 0.158. The molecular formula is C57H45NO. The average Bonchev–Trinajstić information content (AvgIpc) is 3.90. The molecule has 0 saturated heterocycles. The first kappa shape index (κ1) is 34.4. The van der Waals surface area contributed by atoms with Gasteiger partial charge in [-0.2, -0.15) is 0 Å². The Labute approximate surface area is 346 Å². The van der Waals surface area contributed by atoms with Crippen molar-refractivity contribution in [3.05, 3.63) is 209 Å². The van der Waals surface area contributed by atoms with Crippen molar-refractivity contribution in [2.45, 2.75) is 56.8 Å². The van der Waals surface area contributed by atoms with Gasteiger partial charge in [0.2, 0.25) is 0 Å². The molecule has 284 valence electrons. The van der Waals surface area contributed by atoms with Crippen LogP contribution in [0.3, 0.4) is 0 Å². The minimum absolute atomic E-state index is 0.0602. The molecule has 2 nitrogen and oxygen atoms in total. The maximum absolute atomic E-state index is 6.87. The van der Waals surface area contributed by atoms with E-state index in [0.717, 1.165) is 45.4 Å². The Morgan fingerprint density at radius 3 is 1.68 bits per heavy atom. The first-order chi connectivity index (χ1) is 28.8. The van der Waals surface area contributed by atoms with Crippen LogP contribution in [-0.4, -0.2) is 0 Å². The first-order valence-corrected chi connectivity index (χ1v) is 21.1. The van der Waals surface area contributed by atoms with Crippen molar-refractivity contribution in [1.29, 1.82) is 0 Å². The van der Waals surface area contributed by atoms with Crippen LogP contribution in [0.25, 0.3) is 55.3 Å². The summed E-state index contributed by atoms with van der Waals surface area (Å²) in [5.74, 6) is 0. The number of hydrogen-bond acceptors (Lipinski definition) is 2. The third kappa shape index (κ3) is 4.69. The van der Waals surface area contributed by atoms with Crippen LogP contribution in [0.1, 0.15) is 73.9 Å². The van der Waals surface area contributed by atoms with Crippen molar-refractivity contribution in [3.8, 4) is 33.4 Å². The van der Waals surface area contributed by atoms with E-state index in [1.807, 2.05) is 0 Å². The molecular weight excluding hydrogens is 715 g/mol. The van der Waals surface area contributed by atoms with Gasteiger partial charge in [-0.05, 0) is 121 Å². The Kier molecular flexibility index (Phi) is 7.11. The summed E-state index contributed by atoms with van der Waals surface area (Å²) in [5, 5.41) is 2.24. The van der Waals surface area contributed by atoms with Gasteiger partial charge in [0.1, 0.15) is 5.58 Å². The van der Waals surface area contributed by atoms with E-state index in [4.69, 9.17) is 4.42 Å². The zero-order valence-corrected chi connectivity index (χ0v) is 34.0. The van der Waals surface area contributed by atoms with E-state index in [0.29, 0.717) is 0 Å². The quantitative estimate of drug-likeness (QED) is 0.178. The van der Waals surface area contributed by atoms with Crippen molar-refractivity contribution in [2.24, 2.45) is 0 Å². The summed E-state index contributed by atoms with van der Waals surface area (Å²) in [6, 6.07) is 65.7. The molecule has 9 aromatic rings. The molecule has 8 aromatic carbocycles. The number of anilines is 3. The maximum Gasteiger partial charge on any atom is 0.159 e. The van der Waals surface area contributed by atoms with E-state index >= 15 is 0 Å². The van der Waals surface area contributed by atoms with Gasteiger partial charge in [0.15, 0.2) is 5.58 Å². The molecule has 1 heterocycles. The van der Waals surface area contributed by atoms with Gasteiger partial charge in [-0.3, -0.25) is 0 Å². The molecule has 0 N–H and O–H groups in total. The van der Waals surface area contributed by atoms with Crippen LogP contribution in [0.2, 0.25) is 0 Å². The summed E-state index contributed by atoms with van der Waals surface area (Å²) in [4.78, 5) is 2.47. The molecule has 3 aliphatic rings. The molecule has 0 saturated carbocycles. The molecule has 0 fully saturated rings. The normalized spacial score (nSPS) is 16.1. The van der Waals surface area contributed by atoms with Crippen LogP contribution in [0.4, 0.5) is 17.1 Å². The summed E-state index contributed by atoms with van der Waals surface area (Å²) in [5.41, 5.74) is 20.6. The van der Waals surface area contributed by atoms with E-state index in [2.05, 4.69) is 209 Å². The predicted molar refractivity (Wildman–Crippen MR) is 245 cm³/mol. The molecule has 3 aliphatic carbocycles. The fourth-order valence-electron chi connectivity index (χ4n) is 11.2.